The van der Waals surface area contributed by atoms with Gasteiger partial charge in [0, 0.05) is 19.2 Å². The van der Waals surface area contributed by atoms with Crippen LogP contribution in [-0.2, 0) is 15.8 Å². The van der Waals surface area contributed by atoms with Crippen molar-refractivity contribution in [3.8, 4) is 0 Å². The van der Waals surface area contributed by atoms with Crippen LogP contribution in [0.5, 0.6) is 0 Å². The second-order valence-electron chi connectivity index (χ2n) is 5.17. The van der Waals surface area contributed by atoms with E-state index >= 15 is 0 Å². The van der Waals surface area contributed by atoms with Crippen molar-refractivity contribution in [2.75, 3.05) is 13.2 Å². The maximum absolute atomic E-state index is 11.9. The summed E-state index contributed by atoms with van der Waals surface area (Å²) in [7, 11) is -3.39. The minimum Gasteiger partial charge on any atom is -0.396 e. The lowest BCUT2D eigenvalue weighted by molar-refractivity contribution is 0.195. The summed E-state index contributed by atoms with van der Waals surface area (Å²) in [5.41, 5.74) is 0.412. The number of aryl methyl sites for hydroxylation is 1. The molecule has 0 amide bonds. The first-order chi connectivity index (χ1) is 9.00. The molecule has 0 saturated heterocycles. The van der Waals surface area contributed by atoms with Crippen molar-refractivity contribution in [1.82, 2.24) is 9.88 Å². The van der Waals surface area contributed by atoms with Gasteiger partial charge in [-0.05, 0) is 31.6 Å². The van der Waals surface area contributed by atoms with Gasteiger partial charge in [-0.2, -0.15) is 0 Å². The molecule has 2 N–H and O–H groups in total. The first kappa shape index (κ1) is 14.5. The Bertz CT molecular complexity index is 512. The molecule has 0 aromatic carbocycles. The lowest BCUT2D eigenvalue weighted by atomic mass is 9.97. The van der Waals surface area contributed by atoms with Crippen molar-refractivity contribution >= 4 is 10.0 Å². The topological polar surface area (TPSA) is 92.4 Å². The summed E-state index contributed by atoms with van der Waals surface area (Å²) >= 11 is 0. The van der Waals surface area contributed by atoms with E-state index in [2.05, 4.69) is 9.88 Å². The average Bonchev–Trinajstić information content (AvgIpc) is 2.95. The largest absolute Gasteiger partial charge is 0.396 e. The number of rotatable bonds is 6. The molecule has 2 rings (SSSR count). The van der Waals surface area contributed by atoms with Crippen LogP contribution in [0.4, 0.5) is 0 Å². The van der Waals surface area contributed by atoms with Gasteiger partial charge < -0.3 is 9.63 Å². The Kier molecular flexibility index (Phi) is 4.59. The number of aliphatic hydroxyl groups excluding tert-OH is 1. The molecular weight excluding hydrogens is 268 g/mol. The minimum atomic E-state index is -3.39. The molecule has 1 aliphatic rings. The maximum Gasteiger partial charge on any atom is 0.217 e. The van der Waals surface area contributed by atoms with Gasteiger partial charge in [-0.15, -0.1) is 0 Å². The van der Waals surface area contributed by atoms with Crippen molar-refractivity contribution in [2.24, 2.45) is 11.8 Å². The highest BCUT2D eigenvalue weighted by Gasteiger charge is 2.27. The van der Waals surface area contributed by atoms with E-state index < -0.39 is 10.0 Å². The maximum atomic E-state index is 11.9. The third-order valence-corrected chi connectivity index (χ3v) is 4.91. The van der Waals surface area contributed by atoms with Gasteiger partial charge in [0.05, 0.1) is 0 Å². The molecule has 0 spiro atoms. The third-order valence-electron chi connectivity index (χ3n) is 3.63. The van der Waals surface area contributed by atoms with Gasteiger partial charge in [-0.1, -0.05) is 11.6 Å². The van der Waals surface area contributed by atoms with Crippen molar-refractivity contribution in [3.05, 3.63) is 17.5 Å². The number of hydrogen-bond donors (Lipinski definition) is 2. The quantitative estimate of drug-likeness (QED) is 0.808. The van der Waals surface area contributed by atoms with Crippen LogP contribution in [0, 0.1) is 18.8 Å². The summed E-state index contributed by atoms with van der Waals surface area (Å²) in [6.45, 7) is 2.25. The summed E-state index contributed by atoms with van der Waals surface area (Å²) < 4.78 is 31.3. The van der Waals surface area contributed by atoms with Gasteiger partial charge in [0.1, 0.15) is 17.2 Å². The van der Waals surface area contributed by atoms with Gasteiger partial charge >= 0.3 is 0 Å². The van der Waals surface area contributed by atoms with Crippen molar-refractivity contribution in [2.45, 2.75) is 31.9 Å². The Morgan fingerprint density at radius 2 is 2.21 bits per heavy atom. The molecule has 1 fully saturated rings. The molecular formula is C12H20N2O4S. The molecule has 0 radical (unpaired) electrons. The van der Waals surface area contributed by atoms with Gasteiger partial charge in [0.2, 0.25) is 10.0 Å². The molecule has 0 bridgehead atoms. The number of nitrogens with one attached hydrogen (secondary N) is 1. The van der Waals surface area contributed by atoms with Crippen molar-refractivity contribution < 1.29 is 18.0 Å². The Balaban J connectivity index is 1.87. The zero-order valence-electron chi connectivity index (χ0n) is 11.0. The van der Waals surface area contributed by atoms with E-state index in [-0.39, 0.29) is 24.2 Å². The minimum absolute atomic E-state index is 0.134. The van der Waals surface area contributed by atoms with E-state index in [0.29, 0.717) is 18.0 Å². The number of aliphatic hydroxyl groups is 1. The second kappa shape index (κ2) is 6.02. The van der Waals surface area contributed by atoms with Gasteiger partial charge in [0.15, 0.2) is 0 Å². The summed E-state index contributed by atoms with van der Waals surface area (Å²) in [5.74, 6) is 0.887. The van der Waals surface area contributed by atoms with E-state index in [9.17, 15) is 13.5 Å². The first-order valence-corrected chi connectivity index (χ1v) is 8.16. The fraction of sp³-hybridized carbons (Fsp3) is 0.750. The lowest BCUT2D eigenvalue weighted by Crippen LogP contribution is -2.32. The van der Waals surface area contributed by atoms with Crippen LogP contribution in [-0.4, -0.2) is 31.8 Å². The van der Waals surface area contributed by atoms with E-state index in [0.717, 1.165) is 19.3 Å². The summed E-state index contributed by atoms with van der Waals surface area (Å²) in [5, 5.41) is 12.9. The summed E-state index contributed by atoms with van der Waals surface area (Å²) in [6.07, 6.45) is 3.00. The average molecular weight is 288 g/mol. The van der Waals surface area contributed by atoms with Crippen LogP contribution >= 0.6 is 0 Å². The molecule has 1 aliphatic carbocycles. The number of aromatic nitrogens is 1. The lowest BCUT2D eigenvalue weighted by Gasteiger charge is -2.17. The highest BCUT2D eigenvalue weighted by molar-refractivity contribution is 7.88. The molecule has 19 heavy (non-hydrogen) atoms. The van der Waals surface area contributed by atoms with Gasteiger partial charge in [-0.25, -0.2) is 13.1 Å². The number of sulfonamides is 1. The normalized spacial score (nSPS) is 23.9. The van der Waals surface area contributed by atoms with E-state index in [1.807, 2.05) is 0 Å². The van der Waals surface area contributed by atoms with Crippen LogP contribution in [0.1, 0.15) is 30.7 Å². The second-order valence-corrected chi connectivity index (χ2v) is 6.98. The van der Waals surface area contributed by atoms with Gasteiger partial charge in [0.25, 0.3) is 0 Å². The first-order valence-electron chi connectivity index (χ1n) is 6.50. The molecule has 7 heteroatoms. The molecule has 1 heterocycles. The highest BCUT2D eigenvalue weighted by atomic mass is 32.2. The van der Waals surface area contributed by atoms with Crippen LogP contribution < -0.4 is 4.72 Å². The zero-order valence-corrected chi connectivity index (χ0v) is 11.8. The van der Waals surface area contributed by atoms with E-state index in [1.54, 1.807) is 13.0 Å². The molecule has 1 aromatic heterocycles. The molecule has 108 valence electrons. The Hall–Kier alpha value is -0.920. The molecule has 6 nitrogen and oxygen atoms in total. The number of hydrogen-bond acceptors (Lipinski definition) is 5. The van der Waals surface area contributed by atoms with Crippen LogP contribution in [0.3, 0.4) is 0 Å². The smallest absolute Gasteiger partial charge is 0.217 e. The van der Waals surface area contributed by atoms with Crippen LogP contribution in [0.2, 0.25) is 0 Å². The molecule has 2 atom stereocenters. The fourth-order valence-electron chi connectivity index (χ4n) is 2.59. The predicted octanol–water partition coefficient (Wildman–Crippen LogP) is 0.811. The summed E-state index contributed by atoms with van der Waals surface area (Å²) in [6, 6.07) is 1.62. The highest BCUT2D eigenvalue weighted by Crippen LogP contribution is 2.30. The Labute approximate surface area is 113 Å². The number of nitrogens with zero attached hydrogens (tertiary/aromatic N) is 1. The van der Waals surface area contributed by atoms with E-state index in [4.69, 9.17) is 4.52 Å². The Morgan fingerprint density at radius 3 is 2.84 bits per heavy atom. The van der Waals surface area contributed by atoms with Gasteiger partial charge in [-0.3, -0.25) is 0 Å². The predicted molar refractivity (Wildman–Crippen MR) is 69.8 cm³/mol. The molecule has 2 unspecified atom stereocenters. The third kappa shape index (κ3) is 4.02. The monoisotopic (exact) mass is 288 g/mol. The molecule has 0 aliphatic heterocycles. The zero-order chi connectivity index (χ0) is 13.9. The van der Waals surface area contributed by atoms with Crippen molar-refractivity contribution in [3.63, 3.8) is 0 Å². The van der Waals surface area contributed by atoms with Crippen molar-refractivity contribution in [1.29, 1.82) is 0 Å². The Morgan fingerprint density at radius 1 is 1.47 bits per heavy atom. The standard InChI is InChI=1S/C12H20N2O4S/c1-9-5-12(14-18-9)8-19(16,17)13-6-10-3-2-4-11(10)7-15/h5,10-11,13,15H,2-4,6-8H2,1H3. The molecule has 1 aromatic rings. The van der Waals surface area contributed by atoms with Crippen LogP contribution in [0.25, 0.3) is 0 Å². The van der Waals surface area contributed by atoms with Crippen LogP contribution in [0.15, 0.2) is 10.6 Å². The molecule has 1 saturated carbocycles. The summed E-state index contributed by atoms with van der Waals surface area (Å²) in [4.78, 5) is 0. The fourth-order valence-corrected chi connectivity index (χ4v) is 3.68. The SMILES string of the molecule is Cc1cc(CS(=O)(=O)NCC2CCCC2CO)no1. The van der Waals surface area contributed by atoms with E-state index in [1.165, 1.54) is 0 Å².